The summed E-state index contributed by atoms with van der Waals surface area (Å²) in [5.41, 5.74) is -1.26. The van der Waals surface area contributed by atoms with Gasteiger partial charge >= 0.3 is 6.18 Å². The fraction of sp³-hybridized carbons (Fsp3) is 0.467. The lowest BCUT2D eigenvalue weighted by Crippen LogP contribution is -2.41. The van der Waals surface area contributed by atoms with E-state index in [-0.39, 0.29) is 17.5 Å². The molecule has 0 N–H and O–H groups in total. The van der Waals surface area contributed by atoms with Crippen molar-refractivity contribution in [1.29, 1.82) is 0 Å². The molecule has 2 aliphatic rings. The van der Waals surface area contributed by atoms with Crippen molar-refractivity contribution in [3.8, 4) is 0 Å². The summed E-state index contributed by atoms with van der Waals surface area (Å²) in [4.78, 5) is 40.2. The van der Waals surface area contributed by atoms with Crippen LogP contribution in [-0.4, -0.2) is 22.3 Å². The van der Waals surface area contributed by atoms with Crippen molar-refractivity contribution in [3.63, 3.8) is 0 Å². The maximum Gasteiger partial charge on any atom is 0.417 e. The monoisotopic (exact) mass is 311 g/mol. The maximum atomic E-state index is 12.5. The third-order valence-corrected chi connectivity index (χ3v) is 4.41. The Labute approximate surface area is 123 Å². The first-order valence-electron chi connectivity index (χ1n) is 6.94. The first-order chi connectivity index (χ1) is 10.3. The molecule has 0 saturated heterocycles. The van der Waals surface area contributed by atoms with Crippen LogP contribution in [0.4, 0.5) is 13.2 Å². The van der Waals surface area contributed by atoms with E-state index in [2.05, 4.69) is 4.98 Å². The van der Waals surface area contributed by atoms with Crippen LogP contribution >= 0.6 is 0 Å². The molecule has 1 heterocycles. The van der Waals surface area contributed by atoms with Crippen LogP contribution in [0.3, 0.4) is 0 Å². The highest BCUT2D eigenvalue weighted by molar-refractivity contribution is 6.26. The molecule has 2 saturated carbocycles. The zero-order valence-corrected chi connectivity index (χ0v) is 11.4. The first kappa shape index (κ1) is 14.9. The normalized spacial score (nSPS) is 28.0. The molecule has 2 atom stereocenters. The minimum Gasteiger partial charge on any atom is -0.298 e. The average molecular weight is 311 g/mol. The number of rotatable bonds is 2. The number of nitrogens with zero attached hydrogens (tertiary/aromatic N) is 1. The molecule has 0 radical (unpaired) electrons. The van der Waals surface area contributed by atoms with Crippen LogP contribution in [0.5, 0.6) is 0 Å². The number of hydrogen-bond donors (Lipinski definition) is 0. The second kappa shape index (κ2) is 5.00. The van der Waals surface area contributed by atoms with Gasteiger partial charge in [0.05, 0.1) is 5.56 Å². The standard InChI is InChI=1S/C15H12F3NO3/c16-15(17,18)9-3-4-10(19-6-9)14(22)11-12(20)7-1-2-8(5-7)13(11)21/h3-4,6-8,11H,1-2,5H2. The zero-order valence-electron chi connectivity index (χ0n) is 11.4. The second-order valence-electron chi connectivity index (χ2n) is 5.74. The number of fused-ring (bicyclic) bond motifs is 2. The Hall–Kier alpha value is -2.05. The zero-order chi connectivity index (χ0) is 16.1. The van der Waals surface area contributed by atoms with Gasteiger partial charge in [0.2, 0.25) is 0 Å². The SMILES string of the molecule is O=C(c1ccc(C(F)(F)F)cn1)C1C(=O)C2CCC(C2)C1=O. The van der Waals surface area contributed by atoms with Gasteiger partial charge in [0.15, 0.2) is 17.3 Å². The Bertz CT molecular complexity index is 629. The van der Waals surface area contributed by atoms with Crippen LogP contribution in [0.15, 0.2) is 18.3 Å². The van der Waals surface area contributed by atoms with Gasteiger partial charge < -0.3 is 0 Å². The van der Waals surface area contributed by atoms with Crippen LogP contribution < -0.4 is 0 Å². The summed E-state index contributed by atoms with van der Waals surface area (Å²) in [6.45, 7) is 0. The van der Waals surface area contributed by atoms with E-state index in [0.717, 1.165) is 12.1 Å². The molecule has 0 amide bonds. The Morgan fingerprint density at radius 3 is 2.14 bits per heavy atom. The van der Waals surface area contributed by atoms with Gasteiger partial charge in [-0.3, -0.25) is 19.4 Å². The third-order valence-electron chi connectivity index (χ3n) is 4.41. The van der Waals surface area contributed by atoms with E-state index in [4.69, 9.17) is 0 Å². The van der Waals surface area contributed by atoms with Gasteiger partial charge in [-0.2, -0.15) is 13.2 Å². The number of carbonyl (C=O) groups excluding carboxylic acids is 3. The van der Waals surface area contributed by atoms with Crippen LogP contribution in [0.25, 0.3) is 0 Å². The van der Waals surface area contributed by atoms with Gasteiger partial charge in [0.25, 0.3) is 0 Å². The minimum absolute atomic E-state index is 0.277. The van der Waals surface area contributed by atoms with E-state index in [1.165, 1.54) is 0 Å². The predicted octanol–water partition coefficient (Wildman–Crippen LogP) is 2.47. The molecule has 1 aromatic rings. The number of halogens is 3. The topological polar surface area (TPSA) is 64.1 Å². The largest absolute Gasteiger partial charge is 0.417 e. The third kappa shape index (κ3) is 2.34. The number of carbonyl (C=O) groups is 3. The van der Waals surface area contributed by atoms with Gasteiger partial charge in [-0.25, -0.2) is 0 Å². The van der Waals surface area contributed by atoms with Crippen LogP contribution in [0, 0.1) is 17.8 Å². The lowest BCUT2D eigenvalue weighted by atomic mass is 9.76. The number of pyridine rings is 1. The number of alkyl halides is 3. The highest BCUT2D eigenvalue weighted by atomic mass is 19.4. The van der Waals surface area contributed by atoms with Crippen molar-refractivity contribution >= 4 is 17.3 Å². The highest BCUT2D eigenvalue weighted by Crippen LogP contribution is 2.41. The molecule has 2 fully saturated rings. The van der Waals surface area contributed by atoms with Gasteiger partial charge in [0.1, 0.15) is 11.6 Å². The number of Topliss-reactive ketones (excluding diaryl/α,β-unsaturated/α-hetero) is 3. The van der Waals surface area contributed by atoms with Crippen LogP contribution in [0.2, 0.25) is 0 Å². The van der Waals surface area contributed by atoms with Crippen LogP contribution in [-0.2, 0) is 15.8 Å². The number of aromatic nitrogens is 1. The average Bonchev–Trinajstić information content (AvgIpc) is 2.91. The molecule has 4 nitrogen and oxygen atoms in total. The maximum absolute atomic E-state index is 12.5. The Balaban J connectivity index is 1.87. The molecule has 0 aromatic carbocycles. The van der Waals surface area contributed by atoms with E-state index >= 15 is 0 Å². The molecule has 2 unspecified atom stereocenters. The summed E-state index contributed by atoms with van der Waals surface area (Å²) in [7, 11) is 0. The van der Waals surface area contributed by atoms with Crippen molar-refractivity contribution in [3.05, 3.63) is 29.6 Å². The molecule has 116 valence electrons. The summed E-state index contributed by atoms with van der Waals surface area (Å²) in [6, 6.07) is 1.65. The quantitative estimate of drug-likeness (QED) is 0.622. The number of ketones is 3. The molecule has 2 bridgehead atoms. The van der Waals surface area contributed by atoms with Gasteiger partial charge in [-0.1, -0.05) is 0 Å². The second-order valence-corrected chi connectivity index (χ2v) is 5.74. The van der Waals surface area contributed by atoms with E-state index in [1.54, 1.807) is 0 Å². The minimum atomic E-state index is -4.55. The summed E-state index contributed by atoms with van der Waals surface area (Å²) < 4.78 is 37.4. The van der Waals surface area contributed by atoms with Crippen molar-refractivity contribution in [2.24, 2.45) is 17.8 Å². The molecule has 3 rings (SSSR count). The molecule has 22 heavy (non-hydrogen) atoms. The van der Waals surface area contributed by atoms with E-state index in [1.807, 2.05) is 0 Å². The number of hydrogen-bond acceptors (Lipinski definition) is 4. The van der Waals surface area contributed by atoms with Gasteiger partial charge in [-0.15, -0.1) is 0 Å². The van der Waals surface area contributed by atoms with Crippen molar-refractivity contribution in [1.82, 2.24) is 4.98 Å². The summed E-state index contributed by atoms with van der Waals surface area (Å²) in [5.74, 6) is -3.58. The summed E-state index contributed by atoms with van der Waals surface area (Å²) >= 11 is 0. The molecule has 0 aliphatic heterocycles. The van der Waals surface area contributed by atoms with Crippen molar-refractivity contribution in [2.45, 2.75) is 25.4 Å². The fourth-order valence-electron chi connectivity index (χ4n) is 3.22. The lowest BCUT2D eigenvalue weighted by molar-refractivity contribution is -0.139. The lowest BCUT2D eigenvalue weighted by Gasteiger charge is -2.23. The first-order valence-corrected chi connectivity index (χ1v) is 6.94. The Morgan fingerprint density at radius 1 is 1.09 bits per heavy atom. The molecule has 2 aliphatic carbocycles. The molecule has 1 aromatic heterocycles. The van der Waals surface area contributed by atoms with Crippen molar-refractivity contribution in [2.75, 3.05) is 0 Å². The van der Waals surface area contributed by atoms with E-state index in [9.17, 15) is 27.6 Å². The predicted molar refractivity (Wildman–Crippen MR) is 67.9 cm³/mol. The highest BCUT2D eigenvalue weighted by Gasteiger charge is 2.50. The molecular weight excluding hydrogens is 299 g/mol. The Morgan fingerprint density at radius 2 is 1.68 bits per heavy atom. The van der Waals surface area contributed by atoms with Gasteiger partial charge in [0, 0.05) is 18.0 Å². The van der Waals surface area contributed by atoms with Crippen molar-refractivity contribution < 1.29 is 27.6 Å². The van der Waals surface area contributed by atoms with E-state index < -0.39 is 35.0 Å². The molecular formula is C15H12F3NO3. The van der Waals surface area contributed by atoms with Gasteiger partial charge in [-0.05, 0) is 31.4 Å². The van der Waals surface area contributed by atoms with Crippen LogP contribution in [0.1, 0.15) is 35.3 Å². The smallest absolute Gasteiger partial charge is 0.298 e. The summed E-state index contributed by atoms with van der Waals surface area (Å²) in [6.07, 6.45) is -2.33. The summed E-state index contributed by atoms with van der Waals surface area (Å²) in [5, 5.41) is 0. The molecule has 7 heteroatoms. The fourth-order valence-corrected chi connectivity index (χ4v) is 3.22. The van der Waals surface area contributed by atoms with E-state index in [0.29, 0.717) is 25.5 Å². The molecule has 0 spiro atoms. The Kier molecular flexibility index (Phi) is 3.38.